The first-order chi connectivity index (χ1) is 11.4. The molecule has 2 aromatic heterocycles. The number of aromatic hydroxyl groups is 1. The zero-order valence-electron chi connectivity index (χ0n) is 11.4. The number of amides is 1. The Morgan fingerprint density at radius 3 is 2.79 bits per heavy atom. The molecule has 0 saturated heterocycles. The largest absolute Gasteiger partial charge is 0.506 e. The van der Waals surface area contributed by atoms with Crippen LogP contribution in [0.2, 0.25) is 5.02 Å². The summed E-state index contributed by atoms with van der Waals surface area (Å²) in [5.74, 6) is -1.68. The molecule has 0 spiro atoms. The van der Waals surface area contributed by atoms with Crippen LogP contribution in [0.3, 0.4) is 0 Å². The summed E-state index contributed by atoms with van der Waals surface area (Å²) in [6.07, 6.45) is -2.84. The van der Waals surface area contributed by atoms with Gasteiger partial charge in [0.05, 0.1) is 5.39 Å². The van der Waals surface area contributed by atoms with Crippen molar-refractivity contribution in [2.45, 2.75) is 6.43 Å². The van der Waals surface area contributed by atoms with Gasteiger partial charge in [0.1, 0.15) is 11.3 Å². The third kappa shape index (κ3) is 2.93. The molecule has 1 aromatic carbocycles. The number of anilines is 1. The number of carbonyl (C=O) groups excluding carboxylic acids is 1. The molecule has 0 aliphatic rings. The van der Waals surface area contributed by atoms with E-state index in [0.29, 0.717) is 11.3 Å². The highest BCUT2D eigenvalue weighted by atomic mass is 35.5. The van der Waals surface area contributed by atoms with Crippen LogP contribution in [0.4, 0.5) is 13.9 Å². The van der Waals surface area contributed by atoms with Gasteiger partial charge in [-0.3, -0.25) is 10.1 Å². The lowest BCUT2D eigenvalue weighted by molar-refractivity contribution is 0.102. The van der Waals surface area contributed by atoms with E-state index in [9.17, 15) is 23.5 Å². The van der Waals surface area contributed by atoms with Crippen LogP contribution in [0.25, 0.3) is 11.0 Å². The van der Waals surface area contributed by atoms with Crippen molar-refractivity contribution in [1.29, 1.82) is 0 Å². The summed E-state index contributed by atoms with van der Waals surface area (Å²) in [5.41, 5.74) is -1.80. The van der Waals surface area contributed by atoms with Gasteiger partial charge in [0.25, 0.3) is 12.3 Å². The van der Waals surface area contributed by atoms with Gasteiger partial charge in [0.15, 0.2) is 10.6 Å². The normalized spacial score (nSPS) is 11.2. The lowest BCUT2D eigenvalue weighted by Crippen LogP contribution is -2.21. The molecule has 1 amide bonds. The molecule has 11 heteroatoms. The highest BCUT2D eigenvalue weighted by molar-refractivity contribution is 7.15. The second kappa shape index (κ2) is 6.13. The molecule has 2 heterocycles. The van der Waals surface area contributed by atoms with Crippen molar-refractivity contribution in [3.63, 3.8) is 0 Å². The number of hydrogen-bond donors (Lipinski definition) is 2. The maximum atomic E-state index is 12.5. The molecule has 2 N–H and O–H groups in total. The molecular formula is C13H6ClF2N3O4S. The second-order valence-corrected chi connectivity index (χ2v) is 5.90. The van der Waals surface area contributed by atoms with Crippen LogP contribution in [0, 0.1) is 0 Å². The van der Waals surface area contributed by atoms with Gasteiger partial charge in [-0.1, -0.05) is 22.9 Å². The molecule has 124 valence electrons. The smallest absolute Gasteiger partial charge is 0.353 e. The van der Waals surface area contributed by atoms with E-state index in [2.05, 4.69) is 15.5 Å². The molecule has 0 bridgehead atoms. The molecule has 0 aliphatic carbocycles. The standard InChI is InChI=1S/C13H6ClF2N3O4S/c14-4-1-2-5-6(3-4)23-12(22)7(8(5)20)10(21)17-13-19-18-11(24-13)9(15)16/h1-3,9,20H,(H,17,19,21). The highest BCUT2D eigenvalue weighted by Crippen LogP contribution is 2.30. The first kappa shape index (κ1) is 16.3. The number of aromatic nitrogens is 2. The maximum Gasteiger partial charge on any atom is 0.353 e. The van der Waals surface area contributed by atoms with Crippen molar-refractivity contribution in [3.8, 4) is 5.75 Å². The number of fused-ring (bicyclic) bond motifs is 1. The molecule has 0 atom stereocenters. The molecule has 3 rings (SSSR count). The third-order valence-corrected chi connectivity index (χ3v) is 4.00. The fourth-order valence-corrected chi connectivity index (χ4v) is 2.65. The van der Waals surface area contributed by atoms with Gasteiger partial charge in [-0.15, -0.1) is 10.2 Å². The monoisotopic (exact) mass is 373 g/mol. The Labute approximate surface area is 140 Å². The van der Waals surface area contributed by atoms with Crippen molar-refractivity contribution in [2.24, 2.45) is 0 Å². The Hall–Kier alpha value is -2.59. The van der Waals surface area contributed by atoms with Crippen molar-refractivity contribution >= 4 is 44.9 Å². The van der Waals surface area contributed by atoms with Crippen LogP contribution in [-0.2, 0) is 0 Å². The SMILES string of the molecule is O=C(Nc1nnc(C(F)F)s1)c1c(O)c2ccc(Cl)cc2oc1=O. The molecule has 7 nitrogen and oxygen atoms in total. The number of hydrogen-bond acceptors (Lipinski definition) is 7. The quantitative estimate of drug-likeness (QED) is 0.683. The molecular weight excluding hydrogens is 368 g/mol. The molecule has 3 aromatic rings. The Kier molecular flexibility index (Phi) is 4.16. The van der Waals surface area contributed by atoms with Crippen LogP contribution in [-0.4, -0.2) is 21.2 Å². The predicted octanol–water partition coefficient (Wildman–Crippen LogP) is 3.19. The highest BCUT2D eigenvalue weighted by Gasteiger charge is 2.23. The molecule has 24 heavy (non-hydrogen) atoms. The summed E-state index contributed by atoms with van der Waals surface area (Å²) >= 11 is 6.21. The number of halogens is 3. The number of benzene rings is 1. The maximum absolute atomic E-state index is 12.5. The number of nitrogens with zero attached hydrogens (tertiary/aromatic N) is 2. The van der Waals surface area contributed by atoms with E-state index >= 15 is 0 Å². The van der Waals surface area contributed by atoms with Gasteiger partial charge in [0, 0.05) is 11.1 Å². The molecule has 0 fully saturated rings. The summed E-state index contributed by atoms with van der Waals surface area (Å²) in [6, 6.07) is 4.11. The van der Waals surface area contributed by atoms with Crippen molar-refractivity contribution in [1.82, 2.24) is 10.2 Å². The first-order valence-corrected chi connectivity index (χ1v) is 7.44. The summed E-state index contributed by atoms with van der Waals surface area (Å²) in [5, 5.41) is 18.4. The minimum absolute atomic E-state index is 0.00236. The molecule has 0 saturated carbocycles. The van der Waals surface area contributed by atoms with Crippen molar-refractivity contribution < 1.29 is 23.1 Å². The first-order valence-electron chi connectivity index (χ1n) is 6.25. The zero-order chi connectivity index (χ0) is 17.4. The summed E-state index contributed by atoms with van der Waals surface area (Å²) in [7, 11) is 0. The topological polar surface area (TPSA) is 105 Å². The van der Waals surface area contributed by atoms with Gasteiger partial charge >= 0.3 is 5.63 Å². The van der Waals surface area contributed by atoms with E-state index < -0.39 is 34.3 Å². The fourth-order valence-electron chi connectivity index (χ4n) is 1.89. The van der Waals surface area contributed by atoms with E-state index in [0.717, 1.165) is 0 Å². The van der Waals surface area contributed by atoms with Gasteiger partial charge < -0.3 is 9.52 Å². The Bertz CT molecular complexity index is 1000. The lowest BCUT2D eigenvalue weighted by Gasteiger charge is -2.05. The van der Waals surface area contributed by atoms with Gasteiger partial charge in [0.2, 0.25) is 5.13 Å². The van der Waals surface area contributed by atoms with E-state index in [1.54, 1.807) is 0 Å². The van der Waals surface area contributed by atoms with Crippen molar-refractivity contribution in [2.75, 3.05) is 5.32 Å². The minimum atomic E-state index is -2.84. The number of rotatable bonds is 3. The van der Waals surface area contributed by atoms with E-state index in [-0.39, 0.29) is 21.1 Å². The summed E-state index contributed by atoms with van der Waals surface area (Å²) in [4.78, 5) is 24.1. The molecule has 0 unspecified atom stereocenters. The predicted molar refractivity (Wildman–Crippen MR) is 82.0 cm³/mol. The van der Waals surface area contributed by atoms with Crippen molar-refractivity contribution in [3.05, 3.63) is 44.2 Å². The Morgan fingerprint density at radius 1 is 1.38 bits per heavy atom. The van der Waals surface area contributed by atoms with Crippen LogP contribution >= 0.6 is 22.9 Å². The average molecular weight is 374 g/mol. The second-order valence-electron chi connectivity index (χ2n) is 4.45. The van der Waals surface area contributed by atoms with Gasteiger partial charge in [-0.05, 0) is 12.1 Å². The average Bonchev–Trinajstić information content (AvgIpc) is 2.95. The third-order valence-electron chi connectivity index (χ3n) is 2.92. The van der Waals surface area contributed by atoms with Crippen LogP contribution in [0.1, 0.15) is 21.8 Å². The van der Waals surface area contributed by atoms with Crippen LogP contribution in [0.15, 0.2) is 27.4 Å². The lowest BCUT2D eigenvalue weighted by atomic mass is 10.1. The van der Waals surface area contributed by atoms with Crippen LogP contribution in [0.5, 0.6) is 5.75 Å². The Morgan fingerprint density at radius 2 is 2.12 bits per heavy atom. The number of nitrogens with one attached hydrogen (secondary N) is 1. The number of alkyl halides is 2. The van der Waals surface area contributed by atoms with Crippen LogP contribution < -0.4 is 10.9 Å². The summed E-state index contributed by atoms with van der Waals surface area (Å²) < 4.78 is 29.9. The Balaban J connectivity index is 2.00. The minimum Gasteiger partial charge on any atom is -0.506 e. The molecule has 0 aliphatic heterocycles. The zero-order valence-corrected chi connectivity index (χ0v) is 13.0. The summed E-state index contributed by atoms with van der Waals surface area (Å²) in [6.45, 7) is 0. The van der Waals surface area contributed by atoms with E-state index in [1.807, 2.05) is 0 Å². The van der Waals surface area contributed by atoms with E-state index in [4.69, 9.17) is 16.0 Å². The number of carbonyl (C=O) groups is 1. The molecule has 0 radical (unpaired) electrons. The van der Waals surface area contributed by atoms with Gasteiger partial charge in [-0.2, -0.15) is 0 Å². The fraction of sp³-hybridized carbons (Fsp3) is 0.0769. The van der Waals surface area contributed by atoms with E-state index in [1.165, 1.54) is 18.2 Å². The van der Waals surface area contributed by atoms with Gasteiger partial charge in [-0.25, -0.2) is 13.6 Å².